The fourth-order valence-electron chi connectivity index (χ4n) is 4.38. The standard InChI is InChI=1S/C26H29N3O4/c1-25(24(30)28-17-26(2)31-11-12-32-26,14-19-15-27-22-9-5-4-8-21(19)22)29-16-20-13-18-7-3-6-10-23(18)33-20/h3-10,13,15,27,29H,11-12,14,16-17H2,1-2H3,(H,28,30). The number of para-hydroxylation sites is 2. The number of carbonyl (C=O) groups excluding carboxylic acids is 1. The minimum Gasteiger partial charge on any atom is -0.460 e. The predicted molar refractivity (Wildman–Crippen MR) is 127 cm³/mol. The van der Waals surface area contributed by atoms with Crippen molar-refractivity contribution in [1.82, 2.24) is 15.6 Å². The monoisotopic (exact) mass is 447 g/mol. The van der Waals surface area contributed by atoms with E-state index in [1.807, 2.05) is 68.6 Å². The van der Waals surface area contributed by atoms with Crippen LogP contribution in [0.3, 0.4) is 0 Å². The lowest BCUT2D eigenvalue weighted by molar-refractivity contribution is -0.148. The maximum atomic E-state index is 13.5. The van der Waals surface area contributed by atoms with Gasteiger partial charge < -0.3 is 24.2 Å². The van der Waals surface area contributed by atoms with Crippen molar-refractivity contribution in [2.24, 2.45) is 0 Å². The average Bonchev–Trinajstić information content (AvgIpc) is 3.55. The minimum atomic E-state index is -0.890. The van der Waals surface area contributed by atoms with Gasteiger partial charge in [0.15, 0.2) is 5.79 Å². The summed E-state index contributed by atoms with van der Waals surface area (Å²) in [5, 5.41) is 8.65. The van der Waals surface area contributed by atoms with Crippen LogP contribution >= 0.6 is 0 Å². The molecule has 0 aliphatic carbocycles. The Morgan fingerprint density at radius 1 is 1.12 bits per heavy atom. The van der Waals surface area contributed by atoms with Crippen molar-refractivity contribution in [3.05, 3.63) is 72.1 Å². The molecule has 0 bridgehead atoms. The Bertz CT molecular complexity index is 1240. The highest BCUT2D eigenvalue weighted by Gasteiger charge is 2.37. The summed E-state index contributed by atoms with van der Waals surface area (Å²) in [5.74, 6) is -0.136. The molecule has 0 radical (unpaired) electrons. The molecule has 1 fully saturated rings. The molecule has 0 saturated carbocycles. The summed E-state index contributed by atoms with van der Waals surface area (Å²) in [7, 11) is 0. The summed E-state index contributed by atoms with van der Waals surface area (Å²) in [6.07, 6.45) is 2.48. The number of carbonyl (C=O) groups is 1. The molecule has 1 saturated heterocycles. The highest BCUT2D eigenvalue weighted by molar-refractivity contribution is 5.89. The summed E-state index contributed by atoms with van der Waals surface area (Å²) < 4.78 is 17.3. The van der Waals surface area contributed by atoms with E-state index in [4.69, 9.17) is 13.9 Å². The SMILES string of the molecule is CC1(CNC(=O)C(C)(Cc2c[nH]c3ccccc23)NCc2cc3ccccc3o2)OCCO1. The molecule has 4 aromatic rings. The van der Waals surface area contributed by atoms with Crippen LogP contribution in [0.15, 0.2) is 65.2 Å². The number of rotatable bonds is 8. The van der Waals surface area contributed by atoms with Gasteiger partial charge >= 0.3 is 0 Å². The highest BCUT2D eigenvalue weighted by atomic mass is 16.7. The van der Waals surface area contributed by atoms with Gasteiger partial charge in [0.05, 0.1) is 31.8 Å². The van der Waals surface area contributed by atoms with Crippen LogP contribution in [-0.2, 0) is 27.2 Å². The van der Waals surface area contributed by atoms with E-state index in [0.717, 1.165) is 33.2 Å². The average molecular weight is 448 g/mol. The van der Waals surface area contributed by atoms with Gasteiger partial charge in [-0.05, 0) is 37.6 Å². The second-order valence-corrected chi connectivity index (χ2v) is 8.99. The normalized spacial score (nSPS) is 17.4. The lowest BCUT2D eigenvalue weighted by atomic mass is 9.91. The van der Waals surface area contributed by atoms with Gasteiger partial charge in [-0.2, -0.15) is 0 Å². The van der Waals surface area contributed by atoms with Crippen molar-refractivity contribution < 1.29 is 18.7 Å². The number of hydrogen-bond acceptors (Lipinski definition) is 5. The van der Waals surface area contributed by atoms with E-state index in [0.29, 0.717) is 26.2 Å². The Balaban J connectivity index is 1.38. The summed E-state index contributed by atoms with van der Waals surface area (Å²) in [6.45, 7) is 5.53. The quantitative estimate of drug-likeness (QED) is 0.381. The van der Waals surface area contributed by atoms with Crippen LogP contribution < -0.4 is 10.6 Å². The lowest BCUT2D eigenvalue weighted by Crippen LogP contribution is -2.58. The van der Waals surface area contributed by atoms with Crippen LogP contribution in [0.5, 0.6) is 0 Å². The number of ether oxygens (including phenoxy) is 2. The molecular formula is C26H29N3O4. The topological polar surface area (TPSA) is 88.5 Å². The molecule has 3 N–H and O–H groups in total. The number of amides is 1. The highest BCUT2D eigenvalue weighted by Crippen LogP contribution is 2.25. The molecule has 33 heavy (non-hydrogen) atoms. The molecule has 1 aliphatic heterocycles. The van der Waals surface area contributed by atoms with Crippen LogP contribution in [-0.4, -0.2) is 42.0 Å². The summed E-state index contributed by atoms with van der Waals surface area (Å²) in [6, 6.07) is 18.0. The van der Waals surface area contributed by atoms with E-state index < -0.39 is 11.3 Å². The van der Waals surface area contributed by atoms with Crippen molar-refractivity contribution in [2.75, 3.05) is 19.8 Å². The van der Waals surface area contributed by atoms with E-state index in [-0.39, 0.29) is 12.5 Å². The predicted octanol–water partition coefficient (Wildman–Crippen LogP) is 3.88. The molecule has 5 rings (SSSR count). The number of fused-ring (bicyclic) bond motifs is 2. The molecule has 1 unspecified atom stereocenters. The van der Waals surface area contributed by atoms with Gasteiger partial charge in [0.1, 0.15) is 11.3 Å². The van der Waals surface area contributed by atoms with E-state index in [2.05, 4.69) is 21.7 Å². The van der Waals surface area contributed by atoms with Crippen molar-refractivity contribution in [3.63, 3.8) is 0 Å². The number of aromatic nitrogens is 1. The first kappa shape index (κ1) is 21.7. The van der Waals surface area contributed by atoms with Gasteiger partial charge in [-0.1, -0.05) is 36.4 Å². The van der Waals surface area contributed by atoms with Crippen molar-refractivity contribution in [3.8, 4) is 0 Å². The first-order chi connectivity index (χ1) is 15.9. The molecule has 7 heteroatoms. The Kier molecular flexibility index (Phi) is 5.70. The van der Waals surface area contributed by atoms with Gasteiger partial charge in [0.2, 0.25) is 5.91 Å². The molecule has 3 heterocycles. The number of furan rings is 1. The molecule has 2 aromatic heterocycles. The molecular weight excluding hydrogens is 418 g/mol. The zero-order valence-corrected chi connectivity index (χ0v) is 18.9. The van der Waals surface area contributed by atoms with Crippen LogP contribution in [0.1, 0.15) is 25.2 Å². The van der Waals surface area contributed by atoms with Gasteiger partial charge in [-0.15, -0.1) is 0 Å². The zero-order chi connectivity index (χ0) is 22.9. The van der Waals surface area contributed by atoms with Crippen LogP contribution in [0.4, 0.5) is 0 Å². The number of H-pyrrole nitrogens is 1. The van der Waals surface area contributed by atoms with Gasteiger partial charge in [-0.25, -0.2) is 0 Å². The smallest absolute Gasteiger partial charge is 0.240 e. The van der Waals surface area contributed by atoms with Crippen molar-refractivity contribution >= 4 is 27.8 Å². The number of nitrogens with one attached hydrogen (secondary N) is 3. The van der Waals surface area contributed by atoms with Gasteiger partial charge in [0, 0.05) is 28.9 Å². The second kappa shape index (κ2) is 8.67. The van der Waals surface area contributed by atoms with Crippen molar-refractivity contribution in [1.29, 1.82) is 0 Å². The first-order valence-electron chi connectivity index (χ1n) is 11.3. The largest absolute Gasteiger partial charge is 0.460 e. The van der Waals surface area contributed by atoms with E-state index >= 15 is 0 Å². The number of hydrogen-bond donors (Lipinski definition) is 3. The van der Waals surface area contributed by atoms with E-state index in [1.54, 1.807) is 0 Å². The fourth-order valence-corrected chi connectivity index (χ4v) is 4.38. The fraction of sp³-hybridized carbons (Fsp3) is 0.346. The van der Waals surface area contributed by atoms with Gasteiger partial charge in [0.25, 0.3) is 0 Å². The van der Waals surface area contributed by atoms with Crippen LogP contribution in [0.2, 0.25) is 0 Å². The molecule has 1 atom stereocenters. The summed E-state index contributed by atoms with van der Waals surface area (Å²) >= 11 is 0. The first-order valence-corrected chi connectivity index (χ1v) is 11.3. The molecule has 1 amide bonds. The molecule has 7 nitrogen and oxygen atoms in total. The Hall–Kier alpha value is -3.13. The molecule has 2 aromatic carbocycles. The Morgan fingerprint density at radius 3 is 2.70 bits per heavy atom. The third-order valence-corrected chi connectivity index (χ3v) is 6.32. The summed E-state index contributed by atoms with van der Waals surface area (Å²) in [5.41, 5.74) is 2.06. The Morgan fingerprint density at radius 2 is 1.88 bits per heavy atom. The lowest BCUT2D eigenvalue weighted by Gasteiger charge is -2.31. The van der Waals surface area contributed by atoms with Crippen LogP contribution in [0.25, 0.3) is 21.9 Å². The van der Waals surface area contributed by atoms with Crippen LogP contribution in [0, 0.1) is 0 Å². The second-order valence-electron chi connectivity index (χ2n) is 8.99. The molecule has 0 spiro atoms. The molecule has 1 aliphatic rings. The minimum absolute atomic E-state index is 0.121. The van der Waals surface area contributed by atoms with Crippen molar-refractivity contribution in [2.45, 2.75) is 38.1 Å². The third-order valence-electron chi connectivity index (χ3n) is 6.32. The van der Waals surface area contributed by atoms with E-state index in [9.17, 15) is 4.79 Å². The maximum absolute atomic E-state index is 13.5. The summed E-state index contributed by atoms with van der Waals surface area (Å²) in [4.78, 5) is 16.8. The van der Waals surface area contributed by atoms with E-state index in [1.165, 1.54) is 0 Å². The third kappa shape index (κ3) is 4.53. The van der Waals surface area contributed by atoms with Gasteiger partial charge in [-0.3, -0.25) is 10.1 Å². The molecule has 172 valence electrons. The maximum Gasteiger partial charge on any atom is 0.240 e. The number of benzene rings is 2. The zero-order valence-electron chi connectivity index (χ0n) is 18.9. The Labute approximate surface area is 192 Å². The number of aromatic amines is 1.